The monoisotopic (exact) mass is 260 g/mol. The van der Waals surface area contributed by atoms with Gasteiger partial charge in [-0.3, -0.25) is 4.31 Å². The van der Waals surface area contributed by atoms with Gasteiger partial charge >= 0.3 is 0 Å². The summed E-state index contributed by atoms with van der Waals surface area (Å²) in [4.78, 5) is 0. The van der Waals surface area contributed by atoms with Crippen LogP contribution in [0.4, 0.5) is 0 Å². The van der Waals surface area contributed by atoms with Crippen LogP contribution in [0.25, 0.3) is 0 Å². The van der Waals surface area contributed by atoms with Crippen molar-refractivity contribution in [3.05, 3.63) is 12.3 Å². The zero-order valence-corrected chi connectivity index (χ0v) is 13.9. The minimum Gasteiger partial charge on any atom is -0.384 e. The highest BCUT2D eigenvalue weighted by atomic mass is 32.2. The standard InChI is InChI=1S/C12H26N2S.C2H6/c1-8-15-14(7)9-11(12(4,5)6)13-10(2)3;1-2/h11,13H,2,8-9H2,1,3-7H3;1-2H3. The molecule has 104 valence electrons. The normalized spacial score (nSPS) is 12.8. The average Bonchev–Trinajstić information content (AvgIpc) is 2.18. The summed E-state index contributed by atoms with van der Waals surface area (Å²) in [6.45, 7) is 19.9. The van der Waals surface area contributed by atoms with Crippen LogP contribution in [0.15, 0.2) is 12.3 Å². The van der Waals surface area contributed by atoms with Crippen molar-refractivity contribution in [3.63, 3.8) is 0 Å². The van der Waals surface area contributed by atoms with E-state index in [9.17, 15) is 0 Å². The van der Waals surface area contributed by atoms with Crippen LogP contribution in [-0.2, 0) is 0 Å². The third-order valence-corrected chi connectivity index (χ3v) is 3.10. The first-order chi connectivity index (χ1) is 7.77. The van der Waals surface area contributed by atoms with Crippen molar-refractivity contribution in [2.24, 2.45) is 5.41 Å². The van der Waals surface area contributed by atoms with Gasteiger partial charge in [-0.15, -0.1) is 0 Å². The van der Waals surface area contributed by atoms with E-state index in [4.69, 9.17) is 0 Å². The Morgan fingerprint density at radius 3 is 2.12 bits per heavy atom. The highest BCUT2D eigenvalue weighted by Gasteiger charge is 2.25. The lowest BCUT2D eigenvalue weighted by Crippen LogP contribution is -2.45. The van der Waals surface area contributed by atoms with Crippen molar-refractivity contribution in [1.82, 2.24) is 9.62 Å². The van der Waals surface area contributed by atoms with E-state index in [2.05, 4.69) is 50.9 Å². The number of allylic oxidation sites excluding steroid dienone is 1. The Bertz CT molecular complexity index is 197. The quantitative estimate of drug-likeness (QED) is 0.722. The van der Waals surface area contributed by atoms with Gasteiger partial charge < -0.3 is 5.32 Å². The summed E-state index contributed by atoms with van der Waals surface area (Å²) < 4.78 is 2.30. The molecule has 0 radical (unpaired) electrons. The fourth-order valence-corrected chi connectivity index (χ4v) is 2.06. The van der Waals surface area contributed by atoms with E-state index in [1.807, 2.05) is 32.7 Å². The minimum atomic E-state index is 0.251. The second-order valence-electron chi connectivity index (χ2n) is 5.07. The summed E-state index contributed by atoms with van der Waals surface area (Å²) in [5, 5.41) is 3.46. The molecule has 0 amide bonds. The minimum absolute atomic E-state index is 0.251. The van der Waals surface area contributed by atoms with Crippen LogP contribution in [0.3, 0.4) is 0 Å². The molecule has 3 heteroatoms. The Labute approximate surface area is 113 Å². The molecule has 0 aliphatic rings. The molecule has 0 bridgehead atoms. The van der Waals surface area contributed by atoms with Gasteiger partial charge in [0.15, 0.2) is 0 Å². The lowest BCUT2D eigenvalue weighted by molar-refractivity contribution is 0.254. The van der Waals surface area contributed by atoms with Gasteiger partial charge in [-0.1, -0.05) is 60.1 Å². The molecule has 0 spiro atoms. The average molecular weight is 260 g/mol. The Balaban J connectivity index is 0. The predicted molar refractivity (Wildman–Crippen MR) is 83.3 cm³/mol. The molecule has 0 saturated carbocycles. The SMILES string of the molecule is C=C(C)NC(CN(C)SCC)C(C)(C)C.CC. The lowest BCUT2D eigenvalue weighted by Gasteiger charge is -2.35. The van der Waals surface area contributed by atoms with Crippen LogP contribution in [0, 0.1) is 5.41 Å². The highest BCUT2D eigenvalue weighted by Crippen LogP contribution is 2.22. The second kappa shape index (κ2) is 9.84. The molecule has 0 heterocycles. The molecule has 1 atom stereocenters. The van der Waals surface area contributed by atoms with Gasteiger partial charge in [0, 0.05) is 24.0 Å². The zero-order chi connectivity index (χ0) is 14.1. The van der Waals surface area contributed by atoms with Crippen molar-refractivity contribution in [2.75, 3.05) is 19.3 Å². The lowest BCUT2D eigenvalue weighted by atomic mass is 9.86. The fourth-order valence-electron chi connectivity index (χ4n) is 1.36. The summed E-state index contributed by atoms with van der Waals surface area (Å²) in [6, 6.07) is 0.444. The first kappa shape index (κ1) is 19.2. The molecule has 0 aliphatic heterocycles. The Hall–Kier alpha value is -0.150. The molecule has 1 N–H and O–H groups in total. The van der Waals surface area contributed by atoms with Gasteiger partial charge in [0.25, 0.3) is 0 Å². The van der Waals surface area contributed by atoms with Crippen LogP contribution in [0.2, 0.25) is 0 Å². The van der Waals surface area contributed by atoms with E-state index in [0.29, 0.717) is 6.04 Å². The van der Waals surface area contributed by atoms with Crippen molar-refractivity contribution in [1.29, 1.82) is 0 Å². The van der Waals surface area contributed by atoms with Crippen LogP contribution in [-0.4, -0.2) is 29.7 Å². The third kappa shape index (κ3) is 10.7. The first-order valence-corrected chi connectivity index (χ1v) is 7.47. The maximum atomic E-state index is 3.93. The molecular weight excluding hydrogens is 228 g/mol. The number of hydrogen-bond donors (Lipinski definition) is 1. The third-order valence-electron chi connectivity index (χ3n) is 2.26. The van der Waals surface area contributed by atoms with Crippen molar-refractivity contribution >= 4 is 11.9 Å². The van der Waals surface area contributed by atoms with E-state index in [1.165, 1.54) is 0 Å². The summed E-state index contributed by atoms with van der Waals surface area (Å²) in [5.41, 5.74) is 1.30. The summed E-state index contributed by atoms with van der Waals surface area (Å²) in [6.07, 6.45) is 0. The molecule has 0 saturated heterocycles. The maximum absolute atomic E-state index is 3.93. The highest BCUT2D eigenvalue weighted by molar-refractivity contribution is 7.96. The van der Waals surface area contributed by atoms with E-state index in [1.54, 1.807) is 0 Å². The van der Waals surface area contributed by atoms with E-state index in [0.717, 1.165) is 18.0 Å². The van der Waals surface area contributed by atoms with E-state index in [-0.39, 0.29) is 5.41 Å². The number of rotatable bonds is 6. The Kier molecular flexibility index (Phi) is 11.1. The molecule has 0 aliphatic carbocycles. The maximum Gasteiger partial charge on any atom is 0.0442 e. The van der Waals surface area contributed by atoms with E-state index < -0.39 is 0 Å². The number of nitrogens with one attached hydrogen (secondary N) is 1. The predicted octanol–water partition coefficient (Wildman–Crippen LogP) is 4.15. The van der Waals surface area contributed by atoms with Gasteiger partial charge in [0.1, 0.15) is 0 Å². The van der Waals surface area contributed by atoms with Gasteiger partial charge in [0.05, 0.1) is 0 Å². The molecule has 2 nitrogen and oxygen atoms in total. The molecule has 1 unspecified atom stereocenters. The van der Waals surface area contributed by atoms with Gasteiger partial charge in [-0.25, -0.2) is 0 Å². The van der Waals surface area contributed by atoms with Crippen molar-refractivity contribution in [2.45, 2.75) is 54.5 Å². The smallest absolute Gasteiger partial charge is 0.0442 e. The zero-order valence-electron chi connectivity index (χ0n) is 13.1. The number of nitrogens with zero attached hydrogens (tertiary/aromatic N) is 1. The molecule has 0 fully saturated rings. The molecule has 0 aromatic carbocycles. The number of likely N-dealkylation sites (N-methyl/N-ethyl adjacent to an activating group) is 1. The second-order valence-corrected chi connectivity index (χ2v) is 6.53. The van der Waals surface area contributed by atoms with Gasteiger partial charge in [-0.2, -0.15) is 0 Å². The first-order valence-electron chi connectivity index (χ1n) is 6.53. The Morgan fingerprint density at radius 1 is 1.35 bits per heavy atom. The fraction of sp³-hybridized carbons (Fsp3) is 0.857. The molecular formula is C14H32N2S. The van der Waals surface area contributed by atoms with Gasteiger partial charge in [-0.05, 0) is 19.4 Å². The summed E-state index contributed by atoms with van der Waals surface area (Å²) in [5.74, 6) is 1.13. The largest absolute Gasteiger partial charge is 0.384 e. The number of hydrogen-bond acceptors (Lipinski definition) is 3. The van der Waals surface area contributed by atoms with E-state index >= 15 is 0 Å². The topological polar surface area (TPSA) is 15.3 Å². The molecule has 0 aromatic heterocycles. The van der Waals surface area contributed by atoms with Crippen LogP contribution in [0.5, 0.6) is 0 Å². The van der Waals surface area contributed by atoms with Crippen LogP contribution >= 0.6 is 11.9 Å². The molecule has 0 aromatic rings. The van der Waals surface area contributed by atoms with Crippen molar-refractivity contribution < 1.29 is 0 Å². The Morgan fingerprint density at radius 2 is 1.82 bits per heavy atom. The van der Waals surface area contributed by atoms with Crippen LogP contribution in [0.1, 0.15) is 48.5 Å². The molecule has 0 rings (SSSR count). The summed E-state index contributed by atoms with van der Waals surface area (Å²) in [7, 11) is 2.15. The van der Waals surface area contributed by atoms with Crippen LogP contribution < -0.4 is 5.32 Å². The van der Waals surface area contributed by atoms with Gasteiger partial charge in [0.2, 0.25) is 0 Å². The van der Waals surface area contributed by atoms with Crippen molar-refractivity contribution in [3.8, 4) is 0 Å². The molecule has 17 heavy (non-hydrogen) atoms. The summed E-state index contributed by atoms with van der Waals surface area (Å²) >= 11 is 1.87.